The molecule has 5 heteroatoms. The molecule has 1 saturated heterocycles. The molecule has 0 radical (unpaired) electrons. The van der Waals surface area contributed by atoms with E-state index < -0.39 is 0 Å². The smallest absolute Gasteiger partial charge is 0.119 e. The van der Waals surface area contributed by atoms with Gasteiger partial charge in [-0.1, -0.05) is 26.0 Å². The molecule has 0 aliphatic carbocycles. The molecular formula is C18H32Cl2N2O. The Morgan fingerprint density at radius 3 is 2.43 bits per heavy atom. The van der Waals surface area contributed by atoms with Crippen molar-refractivity contribution in [3.63, 3.8) is 0 Å². The van der Waals surface area contributed by atoms with Crippen LogP contribution in [-0.2, 0) is 0 Å². The molecule has 1 N–H and O–H groups in total. The molecule has 1 atom stereocenters. The van der Waals surface area contributed by atoms with Crippen molar-refractivity contribution in [3.05, 3.63) is 29.8 Å². The maximum absolute atomic E-state index is 5.68. The molecule has 0 spiro atoms. The Kier molecular flexibility index (Phi) is 11.7. The number of piperazine rings is 1. The topological polar surface area (TPSA) is 24.5 Å². The van der Waals surface area contributed by atoms with Gasteiger partial charge in [0, 0.05) is 32.2 Å². The van der Waals surface area contributed by atoms with E-state index in [9.17, 15) is 0 Å². The number of ether oxygens (including phenoxy) is 1. The van der Waals surface area contributed by atoms with Crippen LogP contribution in [0.5, 0.6) is 5.75 Å². The van der Waals surface area contributed by atoms with E-state index in [1.54, 1.807) is 0 Å². The molecule has 1 heterocycles. The Bertz CT molecular complexity index is 423. The molecule has 0 unspecified atom stereocenters. The molecule has 134 valence electrons. The maximum atomic E-state index is 5.68. The molecule has 0 saturated carbocycles. The van der Waals surface area contributed by atoms with Crippen molar-refractivity contribution in [1.82, 2.24) is 10.2 Å². The second-order valence-electron chi connectivity index (χ2n) is 6.28. The average molecular weight is 363 g/mol. The lowest BCUT2D eigenvalue weighted by molar-refractivity contribution is 0.159. The Hall–Kier alpha value is -0.480. The number of hydrogen-bond acceptors (Lipinski definition) is 3. The number of benzene rings is 1. The summed E-state index contributed by atoms with van der Waals surface area (Å²) in [5.41, 5.74) is 1.41. The summed E-state index contributed by atoms with van der Waals surface area (Å²) in [5.74, 6) is 1.75. The van der Waals surface area contributed by atoms with E-state index in [1.165, 1.54) is 18.4 Å². The molecule has 0 bridgehead atoms. The first-order valence-electron chi connectivity index (χ1n) is 8.38. The van der Waals surface area contributed by atoms with Gasteiger partial charge in [-0.25, -0.2) is 0 Å². The van der Waals surface area contributed by atoms with Crippen molar-refractivity contribution in [2.45, 2.75) is 39.7 Å². The van der Waals surface area contributed by atoms with Gasteiger partial charge in [0.15, 0.2) is 0 Å². The monoisotopic (exact) mass is 362 g/mol. The van der Waals surface area contributed by atoms with Crippen LogP contribution in [0.3, 0.4) is 0 Å². The van der Waals surface area contributed by atoms with Gasteiger partial charge in [-0.2, -0.15) is 0 Å². The van der Waals surface area contributed by atoms with E-state index in [2.05, 4.69) is 48.3 Å². The van der Waals surface area contributed by atoms with Crippen LogP contribution < -0.4 is 10.1 Å². The Balaban J connectivity index is 0.00000242. The van der Waals surface area contributed by atoms with Gasteiger partial charge in [0.25, 0.3) is 0 Å². The average Bonchev–Trinajstić information content (AvgIpc) is 2.49. The summed E-state index contributed by atoms with van der Waals surface area (Å²) < 4.78 is 5.68. The summed E-state index contributed by atoms with van der Waals surface area (Å²) in [5, 5.41) is 3.45. The summed E-state index contributed by atoms with van der Waals surface area (Å²) in [6.07, 6.45) is 2.50. The summed E-state index contributed by atoms with van der Waals surface area (Å²) in [6, 6.07) is 9.20. The van der Waals surface area contributed by atoms with Gasteiger partial charge >= 0.3 is 0 Å². The predicted molar refractivity (Wildman–Crippen MR) is 103 cm³/mol. The van der Waals surface area contributed by atoms with Crippen LogP contribution in [0.2, 0.25) is 0 Å². The fraction of sp³-hybridized carbons (Fsp3) is 0.667. The van der Waals surface area contributed by atoms with E-state index in [0.29, 0.717) is 6.04 Å². The quantitative estimate of drug-likeness (QED) is 0.781. The zero-order valence-corrected chi connectivity index (χ0v) is 16.2. The largest absolute Gasteiger partial charge is 0.494 e. The highest BCUT2D eigenvalue weighted by Gasteiger charge is 2.22. The molecule has 0 amide bonds. The van der Waals surface area contributed by atoms with Gasteiger partial charge < -0.3 is 10.1 Å². The third-order valence-electron chi connectivity index (χ3n) is 4.16. The first kappa shape index (κ1) is 22.5. The highest BCUT2D eigenvalue weighted by molar-refractivity contribution is 5.85. The summed E-state index contributed by atoms with van der Waals surface area (Å²) in [7, 11) is 0. The predicted octanol–water partition coefficient (Wildman–Crippen LogP) is 4.31. The molecule has 1 fully saturated rings. The first-order chi connectivity index (χ1) is 10.2. The minimum absolute atomic E-state index is 0. The van der Waals surface area contributed by atoms with Gasteiger partial charge in [-0.15, -0.1) is 24.8 Å². The normalized spacial score (nSPS) is 16.3. The minimum atomic E-state index is 0. The van der Waals surface area contributed by atoms with Crippen molar-refractivity contribution >= 4 is 24.8 Å². The molecule has 1 aliphatic heterocycles. The fourth-order valence-corrected chi connectivity index (χ4v) is 3.02. The summed E-state index contributed by atoms with van der Waals surface area (Å²) in [6.45, 7) is 11.9. The van der Waals surface area contributed by atoms with E-state index in [-0.39, 0.29) is 24.8 Å². The fourth-order valence-electron chi connectivity index (χ4n) is 3.02. The molecule has 2 rings (SSSR count). The van der Waals surface area contributed by atoms with Crippen LogP contribution in [0, 0.1) is 5.92 Å². The minimum Gasteiger partial charge on any atom is -0.494 e. The second kappa shape index (κ2) is 12.0. The van der Waals surface area contributed by atoms with Crippen molar-refractivity contribution in [2.24, 2.45) is 5.92 Å². The van der Waals surface area contributed by atoms with Crippen molar-refractivity contribution in [3.8, 4) is 5.75 Å². The Morgan fingerprint density at radius 2 is 1.83 bits per heavy atom. The molecule has 0 aromatic heterocycles. The van der Waals surface area contributed by atoms with Gasteiger partial charge in [-0.05, 0) is 43.4 Å². The highest BCUT2D eigenvalue weighted by atomic mass is 35.5. The number of rotatable bonds is 7. The zero-order chi connectivity index (χ0) is 15.1. The van der Waals surface area contributed by atoms with Crippen LogP contribution in [0.1, 0.15) is 45.2 Å². The first-order valence-corrected chi connectivity index (χ1v) is 8.38. The molecule has 1 aliphatic rings. The van der Waals surface area contributed by atoms with Crippen LogP contribution in [0.25, 0.3) is 0 Å². The van der Waals surface area contributed by atoms with Crippen molar-refractivity contribution in [2.75, 3.05) is 32.8 Å². The lowest BCUT2D eigenvalue weighted by Gasteiger charge is -2.35. The lowest BCUT2D eigenvalue weighted by atomic mass is 9.95. The Labute approximate surface area is 154 Å². The maximum Gasteiger partial charge on any atom is 0.119 e. The van der Waals surface area contributed by atoms with Crippen LogP contribution in [-0.4, -0.2) is 37.7 Å². The van der Waals surface area contributed by atoms with E-state index in [4.69, 9.17) is 4.74 Å². The van der Waals surface area contributed by atoms with E-state index in [1.807, 2.05) is 6.92 Å². The second-order valence-corrected chi connectivity index (χ2v) is 6.28. The third-order valence-corrected chi connectivity index (χ3v) is 4.16. The van der Waals surface area contributed by atoms with Crippen LogP contribution in [0.15, 0.2) is 24.3 Å². The van der Waals surface area contributed by atoms with Crippen LogP contribution in [0.4, 0.5) is 0 Å². The Morgan fingerprint density at radius 1 is 1.13 bits per heavy atom. The molecular weight excluding hydrogens is 331 g/mol. The van der Waals surface area contributed by atoms with Gasteiger partial charge in [-0.3, -0.25) is 4.90 Å². The molecule has 1 aromatic rings. The third kappa shape index (κ3) is 7.30. The molecule has 1 aromatic carbocycles. The van der Waals surface area contributed by atoms with Gasteiger partial charge in [0.1, 0.15) is 5.75 Å². The van der Waals surface area contributed by atoms with Crippen molar-refractivity contribution < 1.29 is 4.74 Å². The number of hydrogen-bond donors (Lipinski definition) is 1. The lowest BCUT2D eigenvalue weighted by Crippen LogP contribution is -2.45. The molecule has 23 heavy (non-hydrogen) atoms. The van der Waals surface area contributed by atoms with E-state index in [0.717, 1.165) is 44.5 Å². The van der Waals surface area contributed by atoms with Gasteiger partial charge in [0.2, 0.25) is 0 Å². The van der Waals surface area contributed by atoms with Gasteiger partial charge in [0.05, 0.1) is 6.61 Å². The van der Waals surface area contributed by atoms with Crippen LogP contribution >= 0.6 is 24.8 Å². The SMILES string of the molecule is CCOc1cccc([C@H](CCC(C)C)N2CCNCC2)c1.Cl.Cl. The summed E-state index contributed by atoms with van der Waals surface area (Å²) in [4.78, 5) is 2.63. The number of nitrogens with zero attached hydrogens (tertiary/aromatic N) is 1. The number of nitrogens with one attached hydrogen (secondary N) is 1. The zero-order valence-electron chi connectivity index (χ0n) is 14.6. The van der Waals surface area contributed by atoms with Crippen molar-refractivity contribution in [1.29, 1.82) is 0 Å². The summed E-state index contributed by atoms with van der Waals surface area (Å²) >= 11 is 0. The van der Waals surface area contributed by atoms with E-state index >= 15 is 0 Å². The standard InChI is InChI=1S/C18H30N2O.2ClH/c1-4-21-17-7-5-6-16(14-17)18(9-8-15(2)3)20-12-10-19-11-13-20;;/h5-7,14-15,18-19H,4,8-13H2,1-3H3;2*1H/t18-;;/m0../s1. The molecule has 3 nitrogen and oxygen atoms in total. The number of halogens is 2. The highest BCUT2D eigenvalue weighted by Crippen LogP contribution is 2.30.